The average molecular weight is 141 g/mol. The van der Waals surface area contributed by atoms with Crippen molar-refractivity contribution in [3.8, 4) is 0 Å². The fourth-order valence-corrected chi connectivity index (χ4v) is 1.15. The van der Waals surface area contributed by atoms with E-state index in [2.05, 4.69) is 6.58 Å². The second-order valence-electron chi connectivity index (χ2n) is 2.57. The highest BCUT2D eigenvalue weighted by Gasteiger charge is 2.08. The minimum Gasteiger partial charge on any atom is -0.295 e. The van der Waals surface area contributed by atoms with Crippen LogP contribution in [-0.4, -0.2) is 24.8 Å². The van der Waals surface area contributed by atoms with Crippen LogP contribution in [0, 0.1) is 0 Å². The first-order valence-corrected chi connectivity index (χ1v) is 3.92. The summed E-state index contributed by atoms with van der Waals surface area (Å²) in [6.07, 6.45) is 5.69. The molecule has 1 fully saturated rings. The van der Waals surface area contributed by atoms with Gasteiger partial charge in [0.1, 0.15) is 0 Å². The molecule has 1 saturated heterocycles. The van der Waals surface area contributed by atoms with Gasteiger partial charge in [-0.05, 0) is 12.8 Å². The van der Waals surface area contributed by atoms with Gasteiger partial charge in [-0.1, -0.05) is 12.5 Å². The maximum atomic E-state index is 5.35. The van der Waals surface area contributed by atoms with Crippen molar-refractivity contribution in [1.82, 2.24) is 5.06 Å². The first-order chi connectivity index (χ1) is 4.93. The summed E-state index contributed by atoms with van der Waals surface area (Å²) >= 11 is 0. The van der Waals surface area contributed by atoms with E-state index in [9.17, 15) is 0 Å². The lowest BCUT2D eigenvalue weighted by Crippen LogP contribution is -2.29. The van der Waals surface area contributed by atoms with Crippen LogP contribution in [0.3, 0.4) is 0 Å². The molecule has 0 spiro atoms. The number of hydrogen-bond donors (Lipinski definition) is 0. The van der Waals surface area contributed by atoms with Crippen molar-refractivity contribution in [2.75, 3.05) is 19.7 Å². The van der Waals surface area contributed by atoms with Gasteiger partial charge in [-0.3, -0.25) is 4.84 Å². The molecule has 2 nitrogen and oxygen atoms in total. The molecule has 1 aliphatic heterocycles. The highest BCUT2D eigenvalue weighted by molar-refractivity contribution is 4.64. The average Bonchev–Trinajstić information content (AvgIpc) is 2.03. The molecule has 1 heterocycles. The van der Waals surface area contributed by atoms with Crippen molar-refractivity contribution in [3.63, 3.8) is 0 Å². The molecule has 0 amide bonds. The first-order valence-electron chi connectivity index (χ1n) is 3.92. The molecular formula is C8H15NO. The van der Waals surface area contributed by atoms with Crippen LogP contribution in [0.1, 0.15) is 19.3 Å². The lowest BCUT2D eigenvalue weighted by Gasteiger charge is -2.24. The van der Waals surface area contributed by atoms with Crippen molar-refractivity contribution in [2.24, 2.45) is 0 Å². The third-order valence-corrected chi connectivity index (χ3v) is 1.69. The van der Waals surface area contributed by atoms with Crippen LogP contribution in [0.25, 0.3) is 0 Å². The van der Waals surface area contributed by atoms with E-state index in [1.54, 1.807) is 6.08 Å². The summed E-state index contributed by atoms with van der Waals surface area (Å²) in [5.74, 6) is 0. The standard InChI is InChI=1S/C8H15NO/c1-2-8-10-9-6-4-3-5-7-9/h2H,1,3-8H2. The van der Waals surface area contributed by atoms with E-state index < -0.39 is 0 Å². The molecule has 0 aromatic rings. The summed E-state index contributed by atoms with van der Waals surface area (Å²) in [5.41, 5.74) is 0. The predicted molar refractivity (Wildman–Crippen MR) is 41.6 cm³/mol. The zero-order valence-electron chi connectivity index (χ0n) is 6.38. The minimum atomic E-state index is 0.653. The van der Waals surface area contributed by atoms with Gasteiger partial charge in [0.05, 0.1) is 6.61 Å². The van der Waals surface area contributed by atoms with Gasteiger partial charge in [-0.2, -0.15) is 5.06 Å². The molecule has 2 heteroatoms. The van der Waals surface area contributed by atoms with Crippen LogP contribution in [0.15, 0.2) is 12.7 Å². The smallest absolute Gasteiger partial charge is 0.0864 e. The molecule has 0 aliphatic carbocycles. The Hall–Kier alpha value is -0.340. The number of rotatable bonds is 3. The van der Waals surface area contributed by atoms with E-state index in [0.29, 0.717) is 6.61 Å². The summed E-state index contributed by atoms with van der Waals surface area (Å²) in [6.45, 7) is 6.43. The van der Waals surface area contributed by atoms with E-state index in [4.69, 9.17) is 4.84 Å². The SMILES string of the molecule is C=CCON1CCCCC1. The molecule has 0 atom stereocenters. The Morgan fingerprint density at radius 1 is 1.30 bits per heavy atom. The lowest BCUT2D eigenvalue weighted by molar-refractivity contribution is -0.157. The molecule has 0 saturated carbocycles. The number of hydrogen-bond acceptors (Lipinski definition) is 2. The Morgan fingerprint density at radius 2 is 2.00 bits per heavy atom. The summed E-state index contributed by atoms with van der Waals surface area (Å²) < 4.78 is 0. The predicted octanol–water partition coefficient (Wildman–Crippen LogP) is 1.59. The van der Waals surface area contributed by atoms with Gasteiger partial charge in [0.15, 0.2) is 0 Å². The van der Waals surface area contributed by atoms with Crippen LogP contribution < -0.4 is 0 Å². The summed E-state index contributed by atoms with van der Waals surface area (Å²) in [4.78, 5) is 5.35. The number of nitrogens with zero attached hydrogens (tertiary/aromatic N) is 1. The van der Waals surface area contributed by atoms with Crippen LogP contribution in [0.2, 0.25) is 0 Å². The Bertz CT molecular complexity index is 97.4. The topological polar surface area (TPSA) is 12.5 Å². The molecule has 0 aromatic heterocycles. The third-order valence-electron chi connectivity index (χ3n) is 1.69. The molecule has 1 aliphatic rings. The van der Waals surface area contributed by atoms with Crippen molar-refractivity contribution in [2.45, 2.75) is 19.3 Å². The fraction of sp³-hybridized carbons (Fsp3) is 0.750. The molecule has 0 bridgehead atoms. The summed E-state index contributed by atoms with van der Waals surface area (Å²) in [6, 6.07) is 0. The van der Waals surface area contributed by atoms with Gasteiger partial charge in [0.2, 0.25) is 0 Å². The van der Waals surface area contributed by atoms with Crippen LogP contribution in [0.5, 0.6) is 0 Å². The molecule has 10 heavy (non-hydrogen) atoms. The normalized spacial score (nSPS) is 20.8. The van der Waals surface area contributed by atoms with E-state index in [-0.39, 0.29) is 0 Å². The van der Waals surface area contributed by atoms with Gasteiger partial charge in [0.25, 0.3) is 0 Å². The fourth-order valence-electron chi connectivity index (χ4n) is 1.15. The first kappa shape index (κ1) is 7.76. The van der Waals surface area contributed by atoms with Gasteiger partial charge < -0.3 is 0 Å². The van der Waals surface area contributed by atoms with Crippen molar-refractivity contribution < 1.29 is 4.84 Å². The second kappa shape index (κ2) is 4.47. The minimum absolute atomic E-state index is 0.653. The lowest BCUT2D eigenvalue weighted by atomic mass is 10.2. The van der Waals surface area contributed by atoms with Crippen molar-refractivity contribution >= 4 is 0 Å². The number of piperidine rings is 1. The molecule has 1 rings (SSSR count). The quantitative estimate of drug-likeness (QED) is 0.553. The molecule has 0 radical (unpaired) electrons. The van der Waals surface area contributed by atoms with E-state index in [1.165, 1.54) is 19.3 Å². The molecule has 0 aromatic carbocycles. The molecule has 0 unspecified atom stereocenters. The van der Waals surface area contributed by atoms with Crippen molar-refractivity contribution in [3.05, 3.63) is 12.7 Å². The highest BCUT2D eigenvalue weighted by atomic mass is 16.7. The maximum Gasteiger partial charge on any atom is 0.0864 e. The Kier molecular flexibility index (Phi) is 3.47. The van der Waals surface area contributed by atoms with Crippen LogP contribution in [-0.2, 0) is 4.84 Å². The molecule has 58 valence electrons. The van der Waals surface area contributed by atoms with Crippen LogP contribution in [0.4, 0.5) is 0 Å². The van der Waals surface area contributed by atoms with Gasteiger partial charge in [-0.15, -0.1) is 6.58 Å². The monoisotopic (exact) mass is 141 g/mol. The van der Waals surface area contributed by atoms with Gasteiger partial charge in [-0.25, -0.2) is 0 Å². The van der Waals surface area contributed by atoms with Crippen LogP contribution >= 0.6 is 0 Å². The zero-order chi connectivity index (χ0) is 7.23. The summed E-state index contributed by atoms with van der Waals surface area (Å²) in [5, 5.41) is 2.03. The summed E-state index contributed by atoms with van der Waals surface area (Å²) in [7, 11) is 0. The molecular weight excluding hydrogens is 126 g/mol. The number of hydroxylamine groups is 2. The zero-order valence-corrected chi connectivity index (χ0v) is 6.38. The van der Waals surface area contributed by atoms with Gasteiger partial charge in [0, 0.05) is 13.1 Å². The third kappa shape index (κ3) is 2.50. The van der Waals surface area contributed by atoms with E-state index in [1.807, 2.05) is 5.06 Å². The Morgan fingerprint density at radius 3 is 2.60 bits per heavy atom. The Labute approximate surface area is 62.4 Å². The second-order valence-corrected chi connectivity index (χ2v) is 2.57. The van der Waals surface area contributed by atoms with Crippen molar-refractivity contribution in [1.29, 1.82) is 0 Å². The Balaban J connectivity index is 2.07. The van der Waals surface area contributed by atoms with E-state index in [0.717, 1.165) is 13.1 Å². The maximum absolute atomic E-state index is 5.35. The highest BCUT2D eigenvalue weighted by Crippen LogP contribution is 2.08. The van der Waals surface area contributed by atoms with E-state index >= 15 is 0 Å². The molecule has 0 N–H and O–H groups in total. The van der Waals surface area contributed by atoms with Gasteiger partial charge >= 0.3 is 0 Å². The largest absolute Gasteiger partial charge is 0.295 e.